The highest BCUT2D eigenvalue weighted by Crippen LogP contribution is 2.28. The summed E-state index contributed by atoms with van der Waals surface area (Å²) in [7, 11) is 0. The molecule has 1 aliphatic carbocycles. The summed E-state index contributed by atoms with van der Waals surface area (Å²) in [5, 5.41) is 15.7. The van der Waals surface area contributed by atoms with Gasteiger partial charge in [-0.05, 0) is 37.9 Å². The van der Waals surface area contributed by atoms with Gasteiger partial charge in [0.25, 0.3) is 0 Å². The Morgan fingerprint density at radius 1 is 1.42 bits per heavy atom. The molecule has 0 aromatic rings. The zero-order valence-corrected chi connectivity index (χ0v) is 13.1. The SMILES string of the molecule is CCS[C@@H]1CCC[C@H](NC(=O)N[C@@H](C)[C@@H](C)CO)C1. The van der Waals surface area contributed by atoms with Crippen molar-refractivity contribution in [1.29, 1.82) is 0 Å². The number of nitrogens with one attached hydrogen (secondary N) is 2. The second-order valence-electron chi connectivity index (χ2n) is 5.51. The van der Waals surface area contributed by atoms with Gasteiger partial charge in [-0.25, -0.2) is 4.79 Å². The van der Waals surface area contributed by atoms with Gasteiger partial charge in [0, 0.05) is 23.9 Å². The second-order valence-corrected chi connectivity index (χ2v) is 7.08. The first-order valence-electron chi connectivity index (χ1n) is 7.36. The van der Waals surface area contributed by atoms with Crippen molar-refractivity contribution in [2.75, 3.05) is 12.4 Å². The van der Waals surface area contributed by atoms with E-state index < -0.39 is 0 Å². The molecule has 2 amide bonds. The molecule has 1 fully saturated rings. The minimum Gasteiger partial charge on any atom is -0.396 e. The standard InChI is InChI=1S/C14H28N2O2S/c1-4-19-13-7-5-6-12(8-13)16-14(18)15-11(3)10(2)9-17/h10-13,17H,4-9H2,1-3H3,(H2,15,16,18)/t10-,11-,12-,13+/m0/s1. The van der Waals surface area contributed by atoms with Crippen molar-refractivity contribution >= 4 is 17.8 Å². The lowest BCUT2D eigenvalue weighted by atomic mass is 9.95. The molecule has 0 aromatic carbocycles. The Balaban J connectivity index is 2.31. The van der Waals surface area contributed by atoms with Crippen molar-refractivity contribution in [3.05, 3.63) is 0 Å². The predicted molar refractivity (Wildman–Crippen MR) is 81.6 cm³/mol. The number of hydrogen-bond acceptors (Lipinski definition) is 3. The Hall–Kier alpha value is -0.420. The fraction of sp³-hybridized carbons (Fsp3) is 0.929. The summed E-state index contributed by atoms with van der Waals surface area (Å²) >= 11 is 2.00. The van der Waals surface area contributed by atoms with Crippen LogP contribution in [-0.2, 0) is 0 Å². The Labute approximate surface area is 121 Å². The van der Waals surface area contributed by atoms with Gasteiger partial charge < -0.3 is 15.7 Å². The quantitative estimate of drug-likeness (QED) is 0.703. The Kier molecular flexibility index (Phi) is 7.61. The zero-order chi connectivity index (χ0) is 14.3. The van der Waals surface area contributed by atoms with E-state index in [0.29, 0.717) is 11.3 Å². The molecule has 5 heteroatoms. The summed E-state index contributed by atoms with van der Waals surface area (Å²) in [4.78, 5) is 11.9. The summed E-state index contributed by atoms with van der Waals surface area (Å²) in [5.41, 5.74) is 0. The first-order chi connectivity index (χ1) is 9.06. The number of rotatable bonds is 6. The minimum absolute atomic E-state index is 0.00518. The maximum atomic E-state index is 11.9. The van der Waals surface area contributed by atoms with Gasteiger partial charge in [-0.1, -0.05) is 20.3 Å². The van der Waals surface area contributed by atoms with E-state index in [4.69, 9.17) is 5.11 Å². The summed E-state index contributed by atoms with van der Waals surface area (Å²) in [6.45, 7) is 6.14. The fourth-order valence-electron chi connectivity index (χ4n) is 2.40. The molecule has 0 radical (unpaired) electrons. The highest BCUT2D eigenvalue weighted by molar-refractivity contribution is 7.99. The lowest BCUT2D eigenvalue weighted by molar-refractivity contribution is 0.197. The predicted octanol–water partition coefficient (Wildman–Crippen LogP) is 2.37. The van der Waals surface area contributed by atoms with Crippen LogP contribution in [0.3, 0.4) is 0 Å². The normalized spacial score (nSPS) is 26.5. The number of amides is 2. The second kappa shape index (κ2) is 8.69. The van der Waals surface area contributed by atoms with Crippen molar-refractivity contribution < 1.29 is 9.90 Å². The van der Waals surface area contributed by atoms with Crippen LogP contribution in [0.4, 0.5) is 4.79 Å². The third-order valence-electron chi connectivity index (χ3n) is 3.86. The van der Waals surface area contributed by atoms with Crippen molar-refractivity contribution in [2.24, 2.45) is 5.92 Å². The van der Waals surface area contributed by atoms with Crippen molar-refractivity contribution in [3.63, 3.8) is 0 Å². The molecule has 112 valence electrons. The number of carbonyl (C=O) groups is 1. The Morgan fingerprint density at radius 3 is 2.79 bits per heavy atom. The van der Waals surface area contributed by atoms with Gasteiger partial charge in [0.2, 0.25) is 0 Å². The number of carbonyl (C=O) groups excluding carboxylic acids is 1. The van der Waals surface area contributed by atoms with E-state index in [0.717, 1.165) is 18.6 Å². The van der Waals surface area contributed by atoms with Gasteiger partial charge in [0.15, 0.2) is 0 Å². The highest BCUT2D eigenvalue weighted by atomic mass is 32.2. The van der Waals surface area contributed by atoms with Gasteiger partial charge >= 0.3 is 6.03 Å². The molecule has 0 saturated heterocycles. The molecule has 0 aliphatic heterocycles. The summed E-state index contributed by atoms with van der Waals surface area (Å²) in [6, 6.07) is 0.198. The van der Waals surface area contributed by atoms with E-state index in [2.05, 4.69) is 17.6 Å². The summed E-state index contributed by atoms with van der Waals surface area (Å²) < 4.78 is 0. The van der Waals surface area contributed by atoms with Crippen LogP contribution in [0.2, 0.25) is 0 Å². The third kappa shape index (κ3) is 6.04. The molecule has 0 bridgehead atoms. The van der Waals surface area contributed by atoms with E-state index in [9.17, 15) is 4.79 Å². The Bertz CT molecular complexity index is 274. The van der Waals surface area contributed by atoms with E-state index in [1.54, 1.807) is 0 Å². The molecular weight excluding hydrogens is 260 g/mol. The monoisotopic (exact) mass is 288 g/mol. The first-order valence-corrected chi connectivity index (χ1v) is 8.41. The molecule has 0 unspecified atom stereocenters. The maximum absolute atomic E-state index is 11.9. The average Bonchev–Trinajstić information content (AvgIpc) is 2.38. The number of aliphatic hydroxyl groups excluding tert-OH is 1. The molecule has 0 spiro atoms. The average molecular weight is 288 g/mol. The van der Waals surface area contributed by atoms with Gasteiger partial charge in [0.1, 0.15) is 0 Å². The molecule has 0 aromatic heterocycles. The molecule has 1 rings (SSSR count). The van der Waals surface area contributed by atoms with Crippen molar-refractivity contribution in [3.8, 4) is 0 Å². The van der Waals surface area contributed by atoms with Gasteiger partial charge in [-0.2, -0.15) is 11.8 Å². The van der Waals surface area contributed by atoms with E-state index in [1.807, 2.05) is 25.6 Å². The van der Waals surface area contributed by atoms with Crippen LogP contribution in [0, 0.1) is 5.92 Å². The number of urea groups is 1. The third-order valence-corrected chi connectivity index (χ3v) is 5.10. The zero-order valence-electron chi connectivity index (χ0n) is 12.3. The maximum Gasteiger partial charge on any atom is 0.315 e. The van der Waals surface area contributed by atoms with E-state index >= 15 is 0 Å². The Morgan fingerprint density at radius 2 is 2.16 bits per heavy atom. The number of thioether (sulfide) groups is 1. The van der Waals surface area contributed by atoms with E-state index in [1.165, 1.54) is 12.8 Å². The fourth-order valence-corrected chi connectivity index (χ4v) is 3.57. The molecule has 1 aliphatic rings. The highest BCUT2D eigenvalue weighted by Gasteiger charge is 2.23. The molecule has 19 heavy (non-hydrogen) atoms. The number of hydrogen-bond donors (Lipinski definition) is 3. The summed E-state index contributed by atoms with van der Waals surface area (Å²) in [5.74, 6) is 1.23. The van der Waals surface area contributed by atoms with Crippen LogP contribution in [0.25, 0.3) is 0 Å². The largest absolute Gasteiger partial charge is 0.396 e. The van der Waals surface area contributed by atoms with Crippen LogP contribution < -0.4 is 10.6 Å². The molecular formula is C14H28N2O2S. The van der Waals surface area contributed by atoms with Crippen molar-refractivity contribution in [2.45, 2.75) is 63.8 Å². The van der Waals surface area contributed by atoms with Crippen molar-refractivity contribution in [1.82, 2.24) is 10.6 Å². The van der Waals surface area contributed by atoms with Crippen LogP contribution >= 0.6 is 11.8 Å². The first kappa shape index (κ1) is 16.6. The lowest BCUT2D eigenvalue weighted by Gasteiger charge is -2.30. The molecule has 3 N–H and O–H groups in total. The van der Waals surface area contributed by atoms with Gasteiger partial charge in [0.05, 0.1) is 0 Å². The summed E-state index contributed by atoms with van der Waals surface area (Å²) in [6.07, 6.45) is 4.63. The van der Waals surface area contributed by atoms with Crippen LogP contribution in [-0.4, -0.2) is 40.8 Å². The lowest BCUT2D eigenvalue weighted by Crippen LogP contribution is -2.49. The van der Waals surface area contributed by atoms with Crippen LogP contribution in [0.5, 0.6) is 0 Å². The molecule has 0 heterocycles. The smallest absolute Gasteiger partial charge is 0.315 e. The molecule has 1 saturated carbocycles. The molecule has 4 nitrogen and oxygen atoms in total. The molecule has 4 atom stereocenters. The van der Waals surface area contributed by atoms with Crippen LogP contribution in [0.15, 0.2) is 0 Å². The number of aliphatic hydroxyl groups is 1. The van der Waals surface area contributed by atoms with Crippen LogP contribution in [0.1, 0.15) is 46.5 Å². The van der Waals surface area contributed by atoms with Gasteiger partial charge in [-0.3, -0.25) is 0 Å². The minimum atomic E-state index is -0.0973. The van der Waals surface area contributed by atoms with Gasteiger partial charge in [-0.15, -0.1) is 0 Å². The topological polar surface area (TPSA) is 61.4 Å². The van der Waals surface area contributed by atoms with E-state index in [-0.39, 0.29) is 24.6 Å².